The molecular formula is C17H25N3O2. The Kier molecular flexibility index (Phi) is 3.66. The number of carbonyl (C=O) groups excluding carboxylic acids is 1. The Hall–Kier alpha value is -1.39. The predicted molar refractivity (Wildman–Crippen MR) is 81.1 cm³/mol. The second-order valence-electron chi connectivity index (χ2n) is 7.38. The van der Waals surface area contributed by atoms with Crippen molar-refractivity contribution in [3.63, 3.8) is 0 Å². The molecule has 2 heterocycles. The quantitative estimate of drug-likeness (QED) is 0.839. The van der Waals surface area contributed by atoms with E-state index >= 15 is 0 Å². The molecule has 0 unspecified atom stereocenters. The van der Waals surface area contributed by atoms with Crippen LogP contribution >= 0.6 is 0 Å². The molecule has 0 atom stereocenters. The highest BCUT2D eigenvalue weighted by Gasteiger charge is 2.43. The summed E-state index contributed by atoms with van der Waals surface area (Å²) in [6, 6.07) is 0. The maximum absolute atomic E-state index is 12.6. The van der Waals surface area contributed by atoms with Gasteiger partial charge in [0.1, 0.15) is 0 Å². The first kappa shape index (κ1) is 14.2. The summed E-state index contributed by atoms with van der Waals surface area (Å²) >= 11 is 0. The van der Waals surface area contributed by atoms with E-state index in [1.54, 1.807) is 0 Å². The molecule has 4 rings (SSSR count). The Labute approximate surface area is 131 Å². The highest BCUT2D eigenvalue weighted by molar-refractivity contribution is 5.76. The molecule has 1 aliphatic heterocycles. The molecule has 1 saturated heterocycles. The first-order valence-electron chi connectivity index (χ1n) is 8.78. The summed E-state index contributed by atoms with van der Waals surface area (Å²) in [5.41, 5.74) is 0. The first-order chi connectivity index (χ1) is 10.7. The van der Waals surface area contributed by atoms with Crippen molar-refractivity contribution in [1.29, 1.82) is 0 Å². The molecule has 0 aromatic carbocycles. The molecule has 0 N–H and O–H groups in total. The standard InChI is InChI=1S/C17H25N3O2/c1-11-18-17(22-19-11)14-6-8-20(9-7-14)16(21)10-15(12-2-3-12)13-4-5-13/h12-15H,2-10H2,1H3. The molecule has 1 aromatic heterocycles. The van der Waals surface area contributed by atoms with E-state index in [0.717, 1.165) is 50.1 Å². The lowest BCUT2D eigenvalue weighted by Gasteiger charge is -2.31. The fourth-order valence-corrected chi connectivity index (χ4v) is 3.95. The van der Waals surface area contributed by atoms with E-state index in [1.807, 2.05) is 6.92 Å². The number of hydrogen-bond acceptors (Lipinski definition) is 4. The van der Waals surface area contributed by atoms with Crippen LogP contribution in [0.5, 0.6) is 0 Å². The van der Waals surface area contributed by atoms with Crippen molar-refractivity contribution < 1.29 is 9.32 Å². The Morgan fingerprint density at radius 3 is 2.32 bits per heavy atom. The van der Waals surface area contributed by atoms with Gasteiger partial charge in [0.2, 0.25) is 11.8 Å². The molecule has 5 nitrogen and oxygen atoms in total. The maximum Gasteiger partial charge on any atom is 0.229 e. The summed E-state index contributed by atoms with van der Waals surface area (Å²) < 4.78 is 5.28. The Morgan fingerprint density at radius 2 is 1.82 bits per heavy atom. The molecule has 3 fully saturated rings. The van der Waals surface area contributed by atoms with Crippen LogP contribution in [0.2, 0.25) is 0 Å². The van der Waals surface area contributed by atoms with Crippen LogP contribution < -0.4 is 0 Å². The van der Waals surface area contributed by atoms with Crippen LogP contribution in [0.25, 0.3) is 0 Å². The minimum Gasteiger partial charge on any atom is -0.343 e. The minimum atomic E-state index is 0.327. The van der Waals surface area contributed by atoms with E-state index in [1.165, 1.54) is 25.7 Å². The van der Waals surface area contributed by atoms with E-state index in [2.05, 4.69) is 15.0 Å². The van der Waals surface area contributed by atoms with Crippen molar-refractivity contribution in [2.24, 2.45) is 17.8 Å². The van der Waals surface area contributed by atoms with Crippen LogP contribution in [0.3, 0.4) is 0 Å². The third-order valence-corrected chi connectivity index (χ3v) is 5.61. The summed E-state index contributed by atoms with van der Waals surface area (Å²) in [5, 5.41) is 3.87. The van der Waals surface area contributed by atoms with Crippen molar-refractivity contribution >= 4 is 5.91 Å². The zero-order valence-corrected chi connectivity index (χ0v) is 13.3. The Morgan fingerprint density at radius 1 is 1.18 bits per heavy atom. The highest BCUT2D eigenvalue weighted by Crippen LogP contribution is 2.50. The summed E-state index contributed by atoms with van der Waals surface area (Å²) in [5.74, 6) is 4.55. The van der Waals surface area contributed by atoms with Crippen LogP contribution in [-0.4, -0.2) is 34.0 Å². The fraction of sp³-hybridized carbons (Fsp3) is 0.824. The first-order valence-corrected chi connectivity index (χ1v) is 8.78. The average molecular weight is 303 g/mol. The zero-order valence-electron chi connectivity index (χ0n) is 13.3. The lowest BCUT2D eigenvalue weighted by molar-refractivity contribution is -0.133. The van der Waals surface area contributed by atoms with E-state index in [9.17, 15) is 4.79 Å². The van der Waals surface area contributed by atoms with Crippen LogP contribution in [0.1, 0.15) is 62.6 Å². The number of hydrogen-bond donors (Lipinski definition) is 0. The van der Waals surface area contributed by atoms with Gasteiger partial charge in [-0.1, -0.05) is 5.16 Å². The lowest BCUT2D eigenvalue weighted by atomic mass is 9.92. The molecular weight excluding hydrogens is 278 g/mol. The molecule has 2 aliphatic carbocycles. The maximum atomic E-state index is 12.6. The van der Waals surface area contributed by atoms with E-state index < -0.39 is 0 Å². The molecule has 120 valence electrons. The highest BCUT2D eigenvalue weighted by atomic mass is 16.5. The van der Waals surface area contributed by atoms with Gasteiger partial charge in [-0.05, 0) is 63.2 Å². The van der Waals surface area contributed by atoms with E-state index in [0.29, 0.717) is 23.6 Å². The van der Waals surface area contributed by atoms with Crippen LogP contribution in [0, 0.1) is 24.7 Å². The van der Waals surface area contributed by atoms with Crippen molar-refractivity contribution in [2.75, 3.05) is 13.1 Å². The van der Waals surface area contributed by atoms with Crippen LogP contribution in [0.15, 0.2) is 4.52 Å². The van der Waals surface area contributed by atoms with Gasteiger partial charge in [0.25, 0.3) is 0 Å². The molecule has 2 saturated carbocycles. The fourth-order valence-electron chi connectivity index (χ4n) is 3.95. The Bertz CT molecular complexity index is 528. The van der Waals surface area contributed by atoms with Crippen molar-refractivity contribution in [2.45, 2.75) is 57.8 Å². The number of rotatable bonds is 5. The molecule has 0 bridgehead atoms. The van der Waals surface area contributed by atoms with E-state index in [4.69, 9.17) is 4.52 Å². The van der Waals surface area contributed by atoms with Gasteiger partial charge in [-0.15, -0.1) is 0 Å². The smallest absolute Gasteiger partial charge is 0.229 e. The van der Waals surface area contributed by atoms with Gasteiger partial charge in [0.05, 0.1) is 0 Å². The van der Waals surface area contributed by atoms with Gasteiger partial charge >= 0.3 is 0 Å². The summed E-state index contributed by atoms with van der Waals surface area (Å²) in [4.78, 5) is 19.0. The second kappa shape index (κ2) is 5.67. The summed E-state index contributed by atoms with van der Waals surface area (Å²) in [6.07, 6.45) is 8.11. The average Bonchev–Trinajstić information content (AvgIpc) is 3.44. The normalized spacial score (nSPS) is 23.3. The van der Waals surface area contributed by atoms with Crippen LogP contribution in [-0.2, 0) is 4.79 Å². The van der Waals surface area contributed by atoms with Gasteiger partial charge in [0, 0.05) is 25.4 Å². The molecule has 1 aromatic rings. The van der Waals surface area contributed by atoms with Crippen molar-refractivity contribution in [1.82, 2.24) is 15.0 Å². The van der Waals surface area contributed by atoms with Crippen molar-refractivity contribution in [3.05, 3.63) is 11.7 Å². The molecule has 5 heteroatoms. The molecule has 22 heavy (non-hydrogen) atoms. The van der Waals surface area contributed by atoms with Gasteiger partial charge in [-0.25, -0.2) is 0 Å². The van der Waals surface area contributed by atoms with Gasteiger partial charge < -0.3 is 9.42 Å². The third-order valence-electron chi connectivity index (χ3n) is 5.61. The van der Waals surface area contributed by atoms with Gasteiger partial charge in [-0.2, -0.15) is 4.98 Å². The van der Waals surface area contributed by atoms with Crippen molar-refractivity contribution in [3.8, 4) is 0 Å². The van der Waals surface area contributed by atoms with Crippen LogP contribution in [0.4, 0.5) is 0 Å². The number of carbonyl (C=O) groups is 1. The van der Waals surface area contributed by atoms with E-state index in [-0.39, 0.29) is 0 Å². The minimum absolute atomic E-state index is 0.327. The largest absolute Gasteiger partial charge is 0.343 e. The van der Waals surface area contributed by atoms with Gasteiger partial charge in [0.15, 0.2) is 5.82 Å². The van der Waals surface area contributed by atoms with Gasteiger partial charge in [-0.3, -0.25) is 4.79 Å². The number of likely N-dealkylation sites (tertiary alicyclic amines) is 1. The zero-order chi connectivity index (χ0) is 15.1. The molecule has 1 amide bonds. The summed E-state index contributed by atoms with van der Waals surface area (Å²) in [7, 11) is 0. The number of amides is 1. The lowest BCUT2D eigenvalue weighted by Crippen LogP contribution is -2.39. The third kappa shape index (κ3) is 3.03. The number of nitrogens with zero attached hydrogens (tertiary/aromatic N) is 3. The Balaban J connectivity index is 1.30. The SMILES string of the molecule is Cc1noc(C2CCN(C(=O)CC(C3CC3)C3CC3)CC2)n1. The number of aromatic nitrogens is 2. The number of piperidine rings is 1. The topological polar surface area (TPSA) is 59.2 Å². The number of aryl methyl sites for hydroxylation is 1. The second-order valence-corrected chi connectivity index (χ2v) is 7.38. The monoisotopic (exact) mass is 303 g/mol. The predicted octanol–water partition coefficient (Wildman–Crippen LogP) is 2.91. The molecule has 3 aliphatic rings. The molecule has 0 spiro atoms. The summed E-state index contributed by atoms with van der Waals surface area (Å²) in [6.45, 7) is 3.53. The molecule has 0 radical (unpaired) electrons.